The van der Waals surface area contributed by atoms with Crippen LogP contribution in [0.3, 0.4) is 0 Å². The molecule has 2 aliphatic rings. The molecule has 0 spiro atoms. The highest BCUT2D eigenvalue weighted by Gasteiger charge is 2.38. The van der Waals surface area contributed by atoms with Crippen LogP contribution in [0.15, 0.2) is 0 Å². The van der Waals surface area contributed by atoms with Gasteiger partial charge in [-0.3, -0.25) is 9.48 Å². The summed E-state index contributed by atoms with van der Waals surface area (Å²) >= 11 is 0. The van der Waals surface area contributed by atoms with Gasteiger partial charge in [-0.2, -0.15) is 5.10 Å². The van der Waals surface area contributed by atoms with Crippen LogP contribution in [-0.2, 0) is 21.7 Å². The molecule has 1 amide bonds. The van der Waals surface area contributed by atoms with Gasteiger partial charge in [0.05, 0.1) is 23.7 Å². The summed E-state index contributed by atoms with van der Waals surface area (Å²) in [5.41, 5.74) is 1.44. The number of nitrogens with zero attached hydrogens (tertiary/aromatic N) is 3. The van der Waals surface area contributed by atoms with E-state index in [1.807, 2.05) is 11.8 Å². The van der Waals surface area contributed by atoms with Gasteiger partial charge in [-0.05, 0) is 13.3 Å². The predicted molar refractivity (Wildman–Crippen MR) is 71.0 cm³/mol. The monoisotopic (exact) mass is 284 g/mol. The van der Waals surface area contributed by atoms with Crippen molar-refractivity contribution in [2.45, 2.75) is 19.4 Å². The molecule has 0 radical (unpaired) electrons. The molecule has 1 unspecified atom stereocenters. The zero-order chi connectivity index (χ0) is 13.8. The van der Waals surface area contributed by atoms with Gasteiger partial charge < -0.3 is 10.2 Å². The fraction of sp³-hybridized carbons (Fsp3) is 0.636. The van der Waals surface area contributed by atoms with Crippen molar-refractivity contribution < 1.29 is 13.2 Å². The number of rotatable bonds is 1. The number of carbonyl (C=O) groups excluding carboxylic acids is 1. The lowest BCUT2D eigenvalue weighted by atomic mass is 10.2. The van der Waals surface area contributed by atoms with Gasteiger partial charge in [-0.15, -0.1) is 0 Å². The summed E-state index contributed by atoms with van der Waals surface area (Å²) in [6.45, 7) is 2.01. The van der Waals surface area contributed by atoms with E-state index in [1.165, 1.54) is 0 Å². The Morgan fingerprint density at radius 3 is 2.79 bits per heavy atom. The Morgan fingerprint density at radius 1 is 1.42 bits per heavy atom. The zero-order valence-corrected chi connectivity index (χ0v) is 11.7. The average Bonchev–Trinajstić information content (AvgIpc) is 2.80. The van der Waals surface area contributed by atoms with Gasteiger partial charge >= 0.3 is 0 Å². The molecule has 2 aliphatic heterocycles. The molecule has 1 aromatic rings. The molecule has 0 saturated carbocycles. The lowest BCUT2D eigenvalue weighted by Gasteiger charge is -2.33. The van der Waals surface area contributed by atoms with Crippen LogP contribution >= 0.6 is 0 Å². The molecule has 104 valence electrons. The van der Waals surface area contributed by atoms with Gasteiger partial charge in [0, 0.05) is 13.1 Å². The zero-order valence-electron chi connectivity index (χ0n) is 10.9. The normalized spacial score (nSPS) is 25.3. The molecule has 19 heavy (non-hydrogen) atoms. The van der Waals surface area contributed by atoms with Crippen LogP contribution in [0, 0.1) is 6.92 Å². The summed E-state index contributed by atoms with van der Waals surface area (Å²) in [5, 5.41) is 7.11. The van der Waals surface area contributed by atoms with Crippen LogP contribution < -0.4 is 10.2 Å². The second kappa shape index (κ2) is 3.96. The number of aryl methyl sites for hydroxylation is 2. The number of fused-ring (bicyclic) bond motifs is 1. The van der Waals surface area contributed by atoms with Crippen LogP contribution in [0.5, 0.6) is 0 Å². The summed E-state index contributed by atoms with van der Waals surface area (Å²) in [6.07, 6.45) is 0.569. The van der Waals surface area contributed by atoms with Crippen LogP contribution in [0.1, 0.15) is 12.1 Å². The molecule has 0 aromatic carbocycles. The Morgan fingerprint density at radius 2 is 2.16 bits per heavy atom. The van der Waals surface area contributed by atoms with E-state index in [4.69, 9.17) is 0 Å². The van der Waals surface area contributed by atoms with Gasteiger partial charge in [-0.25, -0.2) is 8.42 Å². The Hall–Kier alpha value is -1.57. The highest BCUT2D eigenvalue weighted by Crippen LogP contribution is 2.35. The molecule has 1 atom stereocenters. The minimum absolute atomic E-state index is 0.115. The summed E-state index contributed by atoms with van der Waals surface area (Å²) < 4.78 is 24.9. The maximum absolute atomic E-state index is 11.8. The van der Waals surface area contributed by atoms with E-state index in [1.54, 1.807) is 11.7 Å². The maximum atomic E-state index is 11.8. The molecule has 1 fully saturated rings. The van der Waals surface area contributed by atoms with Crippen molar-refractivity contribution in [2.24, 2.45) is 7.05 Å². The molecule has 7 nitrogen and oxygen atoms in total. The van der Waals surface area contributed by atoms with E-state index >= 15 is 0 Å². The van der Waals surface area contributed by atoms with E-state index in [9.17, 15) is 13.2 Å². The molecule has 1 saturated heterocycles. The molecular weight excluding hydrogens is 268 g/mol. The van der Waals surface area contributed by atoms with E-state index in [0.29, 0.717) is 12.1 Å². The smallest absolute Gasteiger partial charge is 0.244 e. The molecule has 1 aromatic heterocycles. The Kier molecular flexibility index (Phi) is 2.60. The second-order valence-electron chi connectivity index (χ2n) is 5.14. The van der Waals surface area contributed by atoms with E-state index < -0.39 is 9.84 Å². The number of sulfone groups is 1. The first-order valence-electron chi connectivity index (χ1n) is 6.18. The molecule has 0 aliphatic carbocycles. The fourth-order valence-corrected chi connectivity index (χ4v) is 4.58. The third kappa shape index (κ3) is 1.99. The minimum Gasteiger partial charge on any atom is -0.342 e. The van der Waals surface area contributed by atoms with Gasteiger partial charge in [0.25, 0.3) is 0 Å². The SMILES string of the molecule is Cc1nn(C)c2c1NC(=O)CN2C1CCS(=O)(=O)C1. The molecule has 0 bridgehead atoms. The van der Waals surface area contributed by atoms with Crippen molar-refractivity contribution in [1.82, 2.24) is 9.78 Å². The van der Waals surface area contributed by atoms with Crippen molar-refractivity contribution in [1.29, 1.82) is 0 Å². The number of carbonyl (C=O) groups is 1. The lowest BCUT2D eigenvalue weighted by Crippen LogP contribution is -2.46. The van der Waals surface area contributed by atoms with Crippen molar-refractivity contribution >= 4 is 27.2 Å². The summed E-state index contributed by atoms with van der Waals surface area (Å²) in [7, 11) is -1.17. The lowest BCUT2D eigenvalue weighted by molar-refractivity contribution is -0.115. The largest absolute Gasteiger partial charge is 0.342 e. The molecule has 3 rings (SSSR count). The summed E-state index contributed by atoms with van der Waals surface area (Å²) in [4.78, 5) is 13.7. The number of aromatic nitrogens is 2. The Labute approximate surface area is 111 Å². The van der Waals surface area contributed by atoms with Gasteiger partial charge in [-0.1, -0.05) is 0 Å². The number of nitrogens with one attached hydrogen (secondary N) is 1. The first kappa shape index (κ1) is 12.5. The summed E-state index contributed by atoms with van der Waals surface area (Å²) in [6, 6.07) is -0.135. The predicted octanol–water partition coefficient (Wildman–Crippen LogP) is -0.326. The van der Waals surface area contributed by atoms with Crippen LogP contribution in [-0.4, -0.2) is 48.2 Å². The van der Waals surface area contributed by atoms with Crippen molar-refractivity contribution in [3.63, 3.8) is 0 Å². The fourth-order valence-electron chi connectivity index (χ4n) is 2.85. The number of amides is 1. The minimum atomic E-state index is -2.97. The second-order valence-corrected chi connectivity index (χ2v) is 7.37. The highest BCUT2D eigenvalue weighted by molar-refractivity contribution is 7.91. The van der Waals surface area contributed by atoms with Gasteiger partial charge in [0.1, 0.15) is 5.69 Å². The average molecular weight is 284 g/mol. The Bertz CT molecular complexity index is 649. The molecule has 8 heteroatoms. The topological polar surface area (TPSA) is 84.3 Å². The molecular formula is C11H16N4O3S. The van der Waals surface area contributed by atoms with Crippen molar-refractivity contribution in [2.75, 3.05) is 28.3 Å². The van der Waals surface area contributed by atoms with Crippen molar-refractivity contribution in [3.8, 4) is 0 Å². The number of hydrogen-bond acceptors (Lipinski definition) is 5. The van der Waals surface area contributed by atoms with E-state index in [-0.39, 0.29) is 30.0 Å². The van der Waals surface area contributed by atoms with Crippen LogP contribution in [0.25, 0.3) is 0 Å². The third-order valence-corrected chi connectivity index (χ3v) is 5.44. The third-order valence-electron chi connectivity index (χ3n) is 3.69. The first-order chi connectivity index (χ1) is 8.87. The first-order valence-corrected chi connectivity index (χ1v) is 8.00. The van der Waals surface area contributed by atoms with Gasteiger partial charge in [0.2, 0.25) is 5.91 Å². The Balaban J connectivity index is 2.02. The van der Waals surface area contributed by atoms with Gasteiger partial charge in [0.15, 0.2) is 15.7 Å². The highest BCUT2D eigenvalue weighted by atomic mass is 32.2. The van der Waals surface area contributed by atoms with E-state index in [2.05, 4.69) is 10.4 Å². The molecule has 3 heterocycles. The number of anilines is 2. The van der Waals surface area contributed by atoms with Crippen LogP contribution in [0.4, 0.5) is 11.5 Å². The standard InChI is InChI=1S/C11H16N4O3S/c1-7-10-11(14(2)13-7)15(5-9(16)12-10)8-3-4-19(17,18)6-8/h8H,3-6H2,1-2H3,(H,12,16). The van der Waals surface area contributed by atoms with Crippen molar-refractivity contribution in [3.05, 3.63) is 5.69 Å². The molecule has 1 N–H and O–H groups in total. The van der Waals surface area contributed by atoms with E-state index in [0.717, 1.165) is 11.5 Å². The van der Waals surface area contributed by atoms with Crippen LogP contribution in [0.2, 0.25) is 0 Å². The summed E-state index contributed by atoms with van der Waals surface area (Å²) in [5.74, 6) is 0.999. The maximum Gasteiger partial charge on any atom is 0.244 e. The quantitative estimate of drug-likeness (QED) is 0.763. The number of hydrogen-bond donors (Lipinski definition) is 1.